The number of hydrogen-bond donors (Lipinski definition) is 2. The Morgan fingerprint density at radius 3 is 3.05 bits per heavy atom. The Morgan fingerprint density at radius 1 is 1.32 bits per heavy atom. The van der Waals surface area contributed by atoms with Crippen LogP contribution in [0, 0.1) is 0 Å². The summed E-state index contributed by atoms with van der Waals surface area (Å²) in [6, 6.07) is 8.30. The minimum Gasteiger partial charge on any atom is -0.361 e. The van der Waals surface area contributed by atoms with E-state index in [2.05, 4.69) is 22.4 Å². The molecule has 1 saturated heterocycles. The number of fused-ring (bicyclic) bond motifs is 1. The lowest BCUT2D eigenvalue weighted by Gasteiger charge is -2.23. The first-order chi connectivity index (χ1) is 9.14. The fourth-order valence-electron chi connectivity index (χ4n) is 2.74. The Bertz CT molecular complexity index is 676. The number of sulfone groups is 1. The van der Waals surface area contributed by atoms with Crippen molar-refractivity contribution in [3.05, 3.63) is 36.0 Å². The molecule has 0 radical (unpaired) electrons. The van der Waals surface area contributed by atoms with Gasteiger partial charge < -0.3 is 10.3 Å². The molecule has 0 saturated carbocycles. The Balaban J connectivity index is 1.71. The average molecular weight is 278 g/mol. The second kappa shape index (κ2) is 4.98. The Morgan fingerprint density at radius 2 is 2.21 bits per heavy atom. The van der Waals surface area contributed by atoms with Crippen molar-refractivity contribution >= 4 is 20.7 Å². The molecular weight excluding hydrogens is 260 g/mol. The molecule has 1 fully saturated rings. The molecule has 2 aromatic rings. The van der Waals surface area contributed by atoms with Crippen LogP contribution >= 0.6 is 0 Å². The summed E-state index contributed by atoms with van der Waals surface area (Å²) in [5.41, 5.74) is 2.33. The molecule has 2 N–H and O–H groups in total. The molecule has 5 heteroatoms. The predicted octanol–water partition coefficient (Wildman–Crippen LogP) is 1.83. The van der Waals surface area contributed by atoms with E-state index in [0.29, 0.717) is 5.75 Å². The summed E-state index contributed by atoms with van der Waals surface area (Å²) >= 11 is 0. The van der Waals surface area contributed by atoms with Crippen LogP contribution in [0.2, 0.25) is 0 Å². The maximum atomic E-state index is 11.6. The zero-order chi connectivity index (χ0) is 13.3. The van der Waals surface area contributed by atoms with Gasteiger partial charge in [0.2, 0.25) is 0 Å². The molecule has 0 spiro atoms. The molecule has 0 aliphatic carbocycles. The maximum Gasteiger partial charge on any atom is 0.151 e. The zero-order valence-electron chi connectivity index (χ0n) is 10.7. The standard InChI is InChI=1S/C14H18N2O2S/c17-19(18)8-2-4-12(10-19)16-9-11-3-1-5-14-13(11)6-7-15-14/h1,3,5-7,12,15-16H,2,4,8-10H2. The van der Waals surface area contributed by atoms with Crippen LogP contribution in [0.25, 0.3) is 10.9 Å². The molecule has 0 bridgehead atoms. The number of hydrogen-bond acceptors (Lipinski definition) is 3. The summed E-state index contributed by atoms with van der Waals surface area (Å²) in [5.74, 6) is 0.620. The van der Waals surface area contributed by atoms with Crippen molar-refractivity contribution in [3.63, 3.8) is 0 Å². The van der Waals surface area contributed by atoms with E-state index in [9.17, 15) is 8.42 Å². The summed E-state index contributed by atoms with van der Waals surface area (Å²) in [4.78, 5) is 3.19. The van der Waals surface area contributed by atoms with Crippen LogP contribution in [0.3, 0.4) is 0 Å². The van der Waals surface area contributed by atoms with E-state index in [4.69, 9.17) is 0 Å². The van der Waals surface area contributed by atoms with Gasteiger partial charge >= 0.3 is 0 Å². The molecule has 1 aromatic carbocycles. The van der Waals surface area contributed by atoms with Crippen LogP contribution in [0.4, 0.5) is 0 Å². The van der Waals surface area contributed by atoms with Crippen molar-refractivity contribution in [3.8, 4) is 0 Å². The lowest BCUT2D eigenvalue weighted by molar-refractivity contribution is 0.481. The van der Waals surface area contributed by atoms with E-state index in [1.165, 1.54) is 10.9 Å². The fourth-order valence-corrected chi connectivity index (χ4v) is 4.41. The minimum absolute atomic E-state index is 0.0907. The highest BCUT2D eigenvalue weighted by Crippen LogP contribution is 2.18. The second-order valence-electron chi connectivity index (χ2n) is 5.19. The first-order valence-electron chi connectivity index (χ1n) is 6.63. The highest BCUT2D eigenvalue weighted by atomic mass is 32.2. The van der Waals surface area contributed by atoms with Gasteiger partial charge in [0.05, 0.1) is 11.5 Å². The first kappa shape index (κ1) is 12.7. The molecule has 4 nitrogen and oxygen atoms in total. The van der Waals surface area contributed by atoms with Gasteiger partial charge in [-0.2, -0.15) is 0 Å². The third-order valence-corrected chi connectivity index (χ3v) is 5.55. The Kier molecular flexibility index (Phi) is 3.33. The number of aromatic amines is 1. The van der Waals surface area contributed by atoms with Crippen molar-refractivity contribution in [2.45, 2.75) is 25.4 Å². The first-order valence-corrected chi connectivity index (χ1v) is 8.45. The summed E-state index contributed by atoms with van der Waals surface area (Å²) in [6.07, 6.45) is 3.65. The summed E-state index contributed by atoms with van der Waals surface area (Å²) in [7, 11) is -2.84. The van der Waals surface area contributed by atoms with Gasteiger partial charge in [-0.1, -0.05) is 12.1 Å². The van der Waals surface area contributed by atoms with Gasteiger partial charge in [0, 0.05) is 29.7 Å². The van der Waals surface area contributed by atoms with E-state index in [1.54, 1.807) is 0 Å². The summed E-state index contributed by atoms with van der Waals surface area (Å²) in [5, 5.41) is 4.58. The van der Waals surface area contributed by atoms with Crippen molar-refractivity contribution in [1.82, 2.24) is 10.3 Å². The molecule has 3 rings (SSSR count). The molecule has 2 heterocycles. The molecule has 1 aliphatic rings. The summed E-state index contributed by atoms with van der Waals surface area (Å²) in [6.45, 7) is 0.718. The van der Waals surface area contributed by atoms with Gasteiger partial charge in [-0.25, -0.2) is 8.42 Å². The van der Waals surface area contributed by atoms with Gasteiger partial charge in [0.15, 0.2) is 9.84 Å². The predicted molar refractivity (Wildman–Crippen MR) is 76.8 cm³/mol. The maximum absolute atomic E-state index is 11.6. The van der Waals surface area contributed by atoms with Crippen LogP contribution in [0.1, 0.15) is 18.4 Å². The minimum atomic E-state index is -2.84. The van der Waals surface area contributed by atoms with Crippen LogP contribution in [0.15, 0.2) is 30.5 Å². The normalized spacial score (nSPS) is 22.6. The van der Waals surface area contributed by atoms with Crippen molar-refractivity contribution in [1.29, 1.82) is 0 Å². The molecule has 19 heavy (non-hydrogen) atoms. The molecule has 1 aliphatic heterocycles. The highest BCUT2D eigenvalue weighted by molar-refractivity contribution is 7.91. The van der Waals surface area contributed by atoms with E-state index in [0.717, 1.165) is 24.9 Å². The van der Waals surface area contributed by atoms with Gasteiger partial charge in [0.25, 0.3) is 0 Å². The van der Waals surface area contributed by atoms with E-state index in [-0.39, 0.29) is 11.8 Å². The quantitative estimate of drug-likeness (QED) is 0.900. The summed E-state index contributed by atoms with van der Waals surface area (Å²) < 4.78 is 23.2. The monoisotopic (exact) mass is 278 g/mol. The van der Waals surface area contributed by atoms with Gasteiger partial charge in [-0.05, 0) is 30.5 Å². The molecule has 1 aromatic heterocycles. The fraction of sp³-hybridized carbons (Fsp3) is 0.429. The lowest BCUT2D eigenvalue weighted by atomic mass is 10.1. The zero-order valence-corrected chi connectivity index (χ0v) is 11.5. The molecule has 1 unspecified atom stereocenters. The smallest absolute Gasteiger partial charge is 0.151 e. The van der Waals surface area contributed by atoms with Crippen LogP contribution in [-0.2, 0) is 16.4 Å². The molecule has 1 atom stereocenters. The Hall–Kier alpha value is -1.33. The second-order valence-corrected chi connectivity index (χ2v) is 7.42. The van der Waals surface area contributed by atoms with Gasteiger partial charge in [-0.3, -0.25) is 0 Å². The SMILES string of the molecule is O=S1(=O)CCCC(NCc2cccc3[nH]ccc23)C1. The van der Waals surface area contributed by atoms with Crippen molar-refractivity contribution in [2.24, 2.45) is 0 Å². The van der Waals surface area contributed by atoms with E-state index in [1.807, 2.05) is 18.3 Å². The average Bonchev–Trinajstić information content (AvgIpc) is 2.84. The van der Waals surface area contributed by atoms with Crippen molar-refractivity contribution in [2.75, 3.05) is 11.5 Å². The number of aromatic nitrogens is 1. The number of rotatable bonds is 3. The molecule has 102 valence electrons. The third-order valence-electron chi connectivity index (χ3n) is 3.73. The van der Waals surface area contributed by atoms with Crippen LogP contribution < -0.4 is 5.32 Å². The van der Waals surface area contributed by atoms with E-state index >= 15 is 0 Å². The third kappa shape index (κ3) is 2.82. The van der Waals surface area contributed by atoms with Gasteiger partial charge in [-0.15, -0.1) is 0 Å². The number of nitrogens with one attached hydrogen (secondary N) is 2. The van der Waals surface area contributed by atoms with Crippen LogP contribution in [-0.4, -0.2) is 30.9 Å². The number of benzene rings is 1. The highest BCUT2D eigenvalue weighted by Gasteiger charge is 2.24. The number of H-pyrrole nitrogens is 1. The van der Waals surface area contributed by atoms with E-state index < -0.39 is 9.84 Å². The topological polar surface area (TPSA) is 62.0 Å². The van der Waals surface area contributed by atoms with Gasteiger partial charge in [0.1, 0.15) is 0 Å². The lowest BCUT2D eigenvalue weighted by Crippen LogP contribution is -2.39. The van der Waals surface area contributed by atoms with Crippen molar-refractivity contribution < 1.29 is 8.42 Å². The Labute approximate surface area is 113 Å². The van der Waals surface area contributed by atoms with Crippen LogP contribution in [0.5, 0.6) is 0 Å². The molecule has 0 amide bonds. The molecular formula is C14H18N2O2S. The largest absolute Gasteiger partial charge is 0.361 e.